The molecule has 2 aliphatic rings. The van der Waals surface area contributed by atoms with Crippen molar-refractivity contribution >= 4 is 23.3 Å². The van der Waals surface area contributed by atoms with Crippen LogP contribution in [0.25, 0.3) is 0 Å². The average Bonchev–Trinajstić information content (AvgIpc) is 3.04. The highest BCUT2D eigenvalue weighted by atomic mass is 16.5. The Morgan fingerprint density at radius 1 is 1.07 bits per heavy atom. The van der Waals surface area contributed by atoms with E-state index in [1.807, 2.05) is 24.3 Å². The summed E-state index contributed by atoms with van der Waals surface area (Å²) in [5.74, 6) is -1.44. The molecule has 0 saturated carbocycles. The Bertz CT molecular complexity index is 872. The molecule has 6 nitrogen and oxygen atoms in total. The number of nitrogens with zero attached hydrogens (tertiary/aromatic N) is 2. The number of anilines is 2. The van der Waals surface area contributed by atoms with Gasteiger partial charge in [-0.05, 0) is 42.3 Å². The molecule has 0 spiro atoms. The molecule has 4 rings (SSSR count). The third-order valence-corrected chi connectivity index (χ3v) is 5.35. The average molecular weight is 366 g/mol. The van der Waals surface area contributed by atoms with Crippen molar-refractivity contribution in [3.05, 3.63) is 59.2 Å². The molecule has 140 valence electrons. The van der Waals surface area contributed by atoms with E-state index in [2.05, 4.69) is 11.0 Å². The van der Waals surface area contributed by atoms with Crippen molar-refractivity contribution < 1.29 is 19.4 Å². The van der Waals surface area contributed by atoms with Gasteiger partial charge >= 0.3 is 5.97 Å². The molecular formula is C21H22N2O4. The van der Waals surface area contributed by atoms with Crippen molar-refractivity contribution in [2.75, 3.05) is 36.1 Å². The van der Waals surface area contributed by atoms with E-state index in [4.69, 9.17) is 9.84 Å². The lowest BCUT2D eigenvalue weighted by molar-refractivity contribution is -0.138. The molecule has 0 bridgehead atoms. The van der Waals surface area contributed by atoms with Crippen LogP contribution in [0, 0.1) is 0 Å². The van der Waals surface area contributed by atoms with Crippen LogP contribution in [0.2, 0.25) is 0 Å². The molecule has 2 aromatic carbocycles. The number of carboxylic acids is 1. The maximum absolute atomic E-state index is 12.9. The molecule has 1 atom stereocenters. The highest BCUT2D eigenvalue weighted by molar-refractivity contribution is 6.10. The zero-order chi connectivity index (χ0) is 19.0. The van der Waals surface area contributed by atoms with E-state index in [-0.39, 0.29) is 5.91 Å². The van der Waals surface area contributed by atoms with Gasteiger partial charge in [0.25, 0.3) is 5.91 Å². The number of carbonyl (C=O) groups excluding carboxylic acids is 1. The minimum Gasteiger partial charge on any atom is -0.481 e. The lowest BCUT2D eigenvalue weighted by atomic mass is 10.0. The third-order valence-electron chi connectivity index (χ3n) is 5.35. The standard InChI is InChI=1S/C21H22N2O4/c1-14(21(25)26)15-2-5-17(6-3-15)23-13-16-4-7-18(12-19(16)20(23)24)22-8-10-27-11-9-22/h2-7,12,14H,8-11,13H2,1H3,(H,25,26). The van der Waals surface area contributed by atoms with Gasteiger partial charge < -0.3 is 19.6 Å². The van der Waals surface area contributed by atoms with Crippen LogP contribution in [0.5, 0.6) is 0 Å². The molecule has 1 N–H and O–H groups in total. The van der Waals surface area contributed by atoms with Crippen LogP contribution in [-0.4, -0.2) is 43.3 Å². The van der Waals surface area contributed by atoms with Gasteiger partial charge in [0, 0.05) is 30.0 Å². The van der Waals surface area contributed by atoms with E-state index >= 15 is 0 Å². The third kappa shape index (κ3) is 3.28. The number of fused-ring (bicyclic) bond motifs is 1. The summed E-state index contributed by atoms with van der Waals surface area (Å²) < 4.78 is 5.40. The summed E-state index contributed by atoms with van der Waals surface area (Å²) >= 11 is 0. The minimum atomic E-state index is -0.858. The van der Waals surface area contributed by atoms with Gasteiger partial charge in [0.15, 0.2) is 0 Å². The van der Waals surface area contributed by atoms with Crippen LogP contribution in [0.1, 0.15) is 34.3 Å². The molecule has 1 fully saturated rings. The summed E-state index contributed by atoms with van der Waals surface area (Å²) in [7, 11) is 0. The van der Waals surface area contributed by atoms with Gasteiger partial charge in [0.1, 0.15) is 0 Å². The van der Waals surface area contributed by atoms with Gasteiger partial charge in [-0.3, -0.25) is 9.59 Å². The number of aliphatic carboxylic acids is 1. The second kappa shape index (κ2) is 7.04. The van der Waals surface area contributed by atoms with Crippen molar-refractivity contribution in [3.8, 4) is 0 Å². The van der Waals surface area contributed by atoms with E-state index in [0.29, 0.717) is 19.8 Å². The molecular weight excluding hydrogens is 344 g/mol. The van der Waals surface area contributed by atoms with Crippen molar-refractivity contribution in [2.45, 2.75) is 19.4 Å². The van der Waals surface area contributed by atoms with Gasteiger partial charge in [0.2, 0.25) is 0 Å². The van der Waals surface area contributed by atoms with Crippen LogP contribution in [0.15, 0.2) is 42.5 Å². The van der Waals surface area contributed by atoms with Crippen LogP contribution < -0.4 is 9.80 Å². The quantitative estimate of drug-likeness (QED) is 0.901. The number of morpholine rings is 1. The Hall–Kier alpha value is -2.86. The summed E-state index contributed by atoms with van der Waals surface area (Å²) in [5.41, 5.74) is 4.32. The first-order valence-corrected chi connectivity index (χ1v) is 9.15. The van der Waals surface area contributed by atoms with E-state index in [1.54, 1.807) is 24.0 Å². The van der Waals surface area contributed by atoms with Gasteiger partial charge in [0.05, 0.1) is 25.7 Å². The van der Waals surface area contributed by atoms with E-state index in [1.165, 1.54) is 0 Å². The number of carbonyl (C=O) groups is 2. The fourth-order valence-corrected chi connectivity index (χ4v) is 3.60. The van der Waals surface area contributed by atoms with E-state index < -0.39 is 11.9 Å². The molecule has 2 heterocycles. The maximum atomic E-state index is 12.9. The zero-order valence-corrected chi connectivity index (χ0v) is 15.2. The van der Waals surface area contributed by atoms with Crippen LogP contribution >= 0.6 is 0 Å². The van der Waals surface area contributed by atoms with Crippen LogP contribution in [0.4, 0.5) is 11.4 Å². The summed E-state index contributed by atoms with van der Waals surface area (Å²) in [6, 6.07) is 13.3. The first-order valence-electron chi connectivity index (χ1n) is 9.15. The van der Waals surface area contributed by atoms with E-state index in [0.717, 1.165) is 41.2 Å². The number of carboxylic acid groups (broad SMARTS) is 1. The van der Waals surface area contributed by atoms with E-state index in [9.17, 15) is 9.59 Å². The molecule has 1 amide bonds. The maximum Gasteiger partial charge on any atom is 0.310 e. The number of amides is 1. The van der Waals surface area contributed by atoms with Crippen molar-refractivity contribution in [2.24, 2.45) is 0 Å². The van der Waals surface area contributed by atoms with Crippen molar-refractivity contribution in [1.82, 2.24) is 0 Å². The molecule has 0 aromatic heterocycles. The number of hydrogen-bond donors (Lipinski definition) is 1. The van der Waals surface area contributed by atoms with Gasteiger partial charge in [-0.15, -0.1) is 0 Å². The monoisotopic (exact) mass is 366 g/mol. The number of ether oxygens (including phenoxy) is 1. The zero-order valence-electron chi connectivity index (χ0n) is 15.2. The predicted molar refractivity (Wildman–Crippen MR) is 102 cm³/mol. The lowest BCUT2D eigenvalue weighted by Gasteiger charge is -2.29. The van der Waals surface area contributed by atoms with Crippen LogP contribution in [0.3, 0.4) is 0 Å². The first kappa shape index (κ1) is 17.5. The Morgan fingerprint density at radius 2 is 1.74 bits per heavy atom. The normalized spacial score (nSPS) is 17.7. The van der Waals surface area contributed by atoms with Crippen LogP contribution in [-0.2, 0) is 16.1 Å². The van der Waals surface area contributed by atoms with Gasteiger partial charge in [-0.2, -0.15) is 0 Å². The predicted octanol–water partition coefficient (Wildman–Crippen LogP) is 2.87. The molecule has 2 aliphatic heterocycles. The molecule has 2 aromatic rings. The Morgan fingerprint density at radius 3 is 2.41 bits per heavy atom. The fourth-order valence-electron chi connectivity index (χ4n) is 3.60. The molecule has 0 aliphatic carbocycles. The Balaban J connectivity index is 1.55. The summed E-state index contributed by atoms with van der Waals surface area (Å²) in [6.45, 7) is 5.27. The molecule has 1 unspecified atom stereocenters. The smallest absolute Gasteiger partial charge is 0.310 e. The SMILES string of the molecule is CC(C(=O)O)c1ccc(N2Cc3ccc(N4CCOCC4)cc3C2=O)cc1. The molecule has 1 saturated heterocycles. The second-order valence-corrected chi connectivity index (χ2v) is 6.98. The lowest BCUT2D eigenvalue weighted by Crippen LogP contribution is -2.36. The van der Waals surface area contributed by atoms with Gasteiger partial charge in [-0.1, -0.05) is 18.2 Å². The van der Waals surface area contributed by atoms with Gasteiger partial charge in [-0.25, -0.2) is 0 Å². The van der Waals surface area contributed by atoms with Crippen molar-refractivity contribution in [3.63, 3.8) is 0 Å². The number of hydrogen-bond acceptors (Lipinski definition) is 4. The first-order chi connectivity index (χ1) is 13.0. The number of benzene rings is 2. The minimum absolute atomic E-state index is 0.0147. The molecule has 6 heteroatoms. The largest absolute Gasteiger partial charge is 0.481 e. The second-order valence-electron chi connectivity index (χ2n) is 6.98. The Kier molecular flexibility index (Phi) is 4.58. The molecule has 27 heavy (non-hydrogen) atoms. The topological polar surface area (TPSA) is 70.1 Å². The molecule has 0 radical (unpaired) electrons. The number of rotatable bonds is 4. The summed E-state index contributed by atoms with van der Waals surface area (Å²) in [5, 5.41) is 9.13. The Labute approximate surface area is 158 Å². The summed E-state index contributed by atoms with van der Waals surface area (Å²) in [4.78, 5) is 28.1. The van der Waals surface area contributed by atoms with Crippen molar-refractivity contribution in [1.29, 1.82) is 0 Å². The summed E-state index contributed by atoms with van der Waals surface area (Å²) in [6.07, 6.45) is 0. The highest BCUT2D eigenvalue weighted by Gasteiger charge is 2.29. The highest BCUT2D eigenvalue weighted by Crippen LogP contribution is 2.32. The fraction of sp³-hybridized carbons (Fsp3) is 0.333.